The molecular weight excluding hydrogens is 162 g/mol. The topological polar surface area (TPSA) is 95.3 Å². The van der Waals surface area contributed by atoms with Crippen LogP contribution in [0, 0.1) is 0 Å². The van der Waals surface area contributed by atoms with Crippen molar-refractivity contribution in [3.8, 4) is 0 Å². The average molecular weight is 173 g/mol. The van der Waals surface area contributed by atoms with Crippen LogP contribution < -0.4 is 0 Å². The van der Waals surface area contributed by atoms with Gasteiger partial charge in [-0.1, -0.05) is 12.0 Å². The minimum absolute atomic E-state index is 0.817. The molecule has 0 aliphatic carbocycles. The van der Waals surface area contributed by atoms with Gasteiger partial charge in [0.1, 0.15) is 0 Å². The fourth-order valence-corrected chi connectivity index (χ4v) is 0.567. The molecule has 0 amide bonds. The number of azide groups is 1. The van der Waals surface area contributed by atoms with Crippen LogP contribution in [0.1, 0.15) is 13.8 Å². The van der Waals surface area contributed by atoms with Gasteiger partial charge in [-0.15, -0.1) is 0 Å². The first-order valence-electron chi connectivity index (χ1n) is 3.31. The van der Waals surface area contributed by atoms with Crippen LogP contribution in [0.15, 0.2) is 5.11 Å². The van der Waals surface area contributed by atoms with Crippen LogP contribution in [-0.4, -0.2) is 29.8 Å². The SMILES string of the molecule is COC(=O)C(C)(O)C(C)N=[N+]=[N-]. The van der Waals surface area contributed by atoms with E-state index >= 15 is 0 Å². The maximum atomic E-state index is 10.9. The Balaban J connectivity index is 4.58. The normalized spacial score (nSPS) is 17.0. The molecule has 0 saturated carbocycles. The first kappa shape index (κ1) is 10.7. The van der Waals surface area contributed by atoms with E-state index in [4.69, 9.17) is 5.53 Å². The van der Waals surface area contributed by atoms with Gasteiger partial charge in [0.15, 0.2) is 5.60 Å². The quantitative estimate of drug-likeness (QED) is 0.293. The smallest absolute Gasteiger partial charge is 0.337 e. The van der Waals surface area contributed by atoms with E-state index in [1.807, 2.05) is 0 Å². The lowest BCUT2D eigenvalue weighted by Crippen LogP contribution is -2.44. The highest BCUT2D eigenvalue weighted by molar-refractivity contribution is 5.79. The van der Waals surface area contributed by atoms with E-state index in [1.165, 1.54) is 13.8 Å². The van der Waals surface area contributed by atoms with Gasteiger partial charge < -0.3 is 9.84 Å². The monoisotopic (exact) mass is 173 g/mol. The van der Waals surface area contributed by atoms with Crippen molar-refractivity contribution < 1.29 is 14.6 Å². The van der Waals surface area contributed by atoms with Crippen LogP contribution >= 0.6 is 0 Å². The highest BCUT2D eigenvalue weighted by Gasteiger charge is 2.37. The van der Waals surface area contributed by atoms with Gasteiger partial charge in [0.05, 0.1) is 13.2 Å². The number of hydrogen-bond donors (Lipinski definition) is 1. The molecule has 0 spiro atoms. The molecule has 0 aliphatic heterocycles. The molecule has 6 nitrogen and oxygen atoms in total. The van der Waals surface area contributed by atoms with E-state index in [9.17, 15) is 9.90 Å². The van der Waals surface area contributed by atoms with Crippen LogP contribution in [0.2, 0.25) is 0 Å². The van der Waals surface area contributed by atoms with Crippen molar-refractivity contribution in [3.05, 3.63) is 10.4 Å². The Bertz CT molecular complexity index is 220. The van der Waals surface area contributed by atoms with Crippen LogP contribution in [0.5, 0.6) is 0 Å². The van der Waals surface area contributed by atoms with Gasteiger partial charge in [0.2, 0.25) is 0 Å². The summed E-state index contributed by atoms with van der Waals surface area (Å²) in [6, 6.07) is -0.852. The number of carbonyl (C=O) groups is 1. The zero-order chi connectivity index (χ0) is 9.78. The molecular formula is C6H11N3O3. The molecule has 1 N–H and O–H groups in total. The lowest BCUT2D eigenvalue weighted by molar-refractivity contribution is -0.162. The van der Waals surface area contributed by atoms with E-state index in [0.717, 1.165) is 7.11 Å². The summed E-state index contributed by atoms with van der Waals surface area (Å²) in [4.78, 5) is 13.4. The molecule has 0 rings (SSSR count). The third-order valence-electron chi connectivity index (χ3n) is 1.64. The van der Waals surface area contributed by atoms with Crippen molar-refractivity contribution >= 4 is 5.97 Å². The van der Waals surface area contributed by atoms with Crippen LogP contribution in [0.3, 0.4) is 0 Å². The van der Waals surface area contributed by atoms with Crippen molar-refractivity contribution in [1.82, 2.24) is 0 Å². The van der Waals surface area contributed by atoms with Gasteiger partial charge in [-0.05, 0) is 12.5 Å². The maximum absolute atomic E-state index is 10.9. The summed E-state index contributed by atoms with van der Waals surface area (Å²) < 4.78 is 4.31. The number of aliphatic hydroxyl groups is 1. The Hall–Kier alpha value is -1.26. The predicted octanol–water partition coefficient (Wildman–Crippen LogP) is 0.609. The van der Waals surface area contributed by atoms with Gasteiger partial charge in [0.25, 0.3) is 0 Å². The predicted molar refractivity (Wildman–Crippen MR) is 41.2 cm³/mol. The van der Waals surface area contributed by atoms with Crippen molar-refractivity contribution in [3.63, 3.8) is 0 Å². The second-order valence-corrected chi connectivity index (χ2v) is 2.52. The molecule has 0 bridgehead atoms. The molecule has 12 heavy (non-hydrogen) atoms. The molecule has 68 valence electrons. The van der Waals surface area contributed by atoms with E-state index in [-0.39, 0.29) is 0 Å². The minimum Gasteiger partial charge on any atom is -0.467 e. The average Bonchev–Trinajstić information content (AvgIpc) is 2.03. The summed E-state index contributed by atoms with van der Waals surface area (Å²) in [6.07, 6.45) is 0. The van der Waals surface area contributed by atoms with Crippen molar-refractivity contribution in [2.24, 2.45) is 5.11 Å². The number of rotatable bonds is 3. The van der Waals surface area contributed by atoms with Crippen molar-refractivity contribution in [1.29, 1.82) is 0 Å². The first-order valence-corrected chi connectivity index (χ1v) is 3.31. The van der Waals surface area contributed by atoms with Crippen LogP contribution in [0.25, 0.3) is 10.4 Å². The standard InChI is InChI=1S/C6H11N3O3/c1-4(8-9-7)6(2,11)5(10)12-3/h4,11H,1-3H3. The number of ether oxygens (including phenoxy) is 1. The van der Waals surface area contributed by atoms with Crippen molar-refractivity contribution in [2.45, 2.75) is 25.5 Å². The molecule has 0 aromatic rings. The summed E-state index contributed by atoms with van der Waals surface area (Å²) in [5.74, 6) is -0.817. The number of nitrogens with zero attached hydrogens (tertiary/aromatic N) is 3. The number of hydrogen-bond acceptors (Lipinski definition) is 4. The number of methoxy groups -OCH3 is 1. The molecule has 0 aromatic heterocycles. The Morgan fingerprint density at radius 1 is 1.83 bits per heavy atom. The fourth-order valence-electron chi connectivity index (χ4n) is 0.567. The largest absolute Gasteiger partial charge is 0.467 e. The lowest BCUT2D eigenvalue weighted by Gasteiger charge is -2.23. The van der Waals surface area contributed by atoms with Gasteiger partial charge in [-0.3, -0.25) is 0 Å². The zero-order valence-corrected chi connectivity index (χ0v) is 7.18. The van der Waals surface area contributed by atoms with Crippen LogP contribution in [0.4, 0.5) is 0 Å². The summed E-state index contributed by atoms with van der Waals surface area (Å²) >= 11 is 0. The van der Waals surface area contributed by atoms with Crippen molar-refractivity contribution in [2.75, 3.05) is 7.11 Å². The summed E-state index contributed by atoms with van der Waals surface area (Å²) in [5, 5.41) is 12.6. The molecule has 0 radical (unpaired) electrons. The molecule has 0 aromatic carbocycles. The molecule has 0 fully saturated rings. The maximum Gasteiger partial charge on any atom is 0.337 e. The Morgan fingerprint density at radius 2 is 2.33 bits per heavy atom. The lowest BCUT2D eigenvalue weighted by atomic mass is 9.99. The summed E-state index contributed by atoms with van der Waals surface area (Å²) in [7, 11) is 1.15. The van der Waals surface area contributed by atoms with Gasteiger partial charge in [-0.2, -0.15) is 0 Å². The number of esters is 1. The summed E-state index contributed by atoms with van der Waals surface area (Å²) in [6.45, 7) is 2.66. The van der Waals surface area contributed by atoms with E-state index < -0.39 is 17.6 Å². The number of carbonyl (C=O) groups excluding carboxylic acids is 1. The summed E-state index contributed by atoms with van der Waals surface area (Å²) in [5.41, 5.74) is 6.29. The molecule has 6 heteroatoms. The minimum atomic E-state index is -1.76. The Kier molecular flexibility index (Phi) is 3.53. The van der Waals surface area contributed by atoms with Gasteiger partial charge in [-0.25, -0.2) is 4.79 Å². The van der Waals surface area contributed by atoms with E-state index in [2.05, 4.69) is 14.8 Å². The molecule has 2 atom stereocenters. The van der Waals surface area contributed by atoms with Gasteiger partial charge in [0, 0.05) is 4.91 Å². The third kappa shape index (κ3) is 2.11. The molecule has 2 unspecified atom stereocenters. The Labute approximate surface area is 69.8 Å². The zero-order valence-electron chi connectivity index (χ0n) is 7.18. The Morgan fingerprint density at radius 3 is 2.67 bits per heavy atom. The van der Waals surface area contributed by atoms with Gasteiger partial charge >= 0.3 is 5.97 Å². The second-order valence-electron chi connectivity index (χ2n) is 2.52. The first-order chi connectivity index (χ1) is 5.46. The molecule has 0 heterocycles. The molecule has 0 saturated heterocycles. The van der Waals surface area contributed by atoms with E-state index in [1.54, 1.807) is 0 Å². The highest BCUT2D eigenvalue weighted by Crippen LogP contribution is 2.14. The third-order valence-corrected chi connectivity index (χ3v) is 1.64. The van der Waals surface area contributed by atoms with E-state index in [0.29, 0.717) is 0 Å². The fraction of sp³-hybridized carbons (Fsp3) is 0.833. The molecule has 0 aliphatic rings. The second kappa shape index (κ2) is 3.94. The highest BCUT2D eigenvalue weighted by atomic mass is 16.5. The van der Waals surface area contributed by atoms with Crippen LogP contribution in [-0.2, 0) is 9.53 Å².